The average Bonchev–Trinajstić information content (AvgIpc) is 2.67. The number of hydrogen-bond acceptors (Lipinski definition) is 1. The SMILES string of the molecule is CC(C)(C)N1CCC[C@@H]1c1ccccc1. The summed E-state index contributed by atoms with van der Waals surface area (Å²) in [5.74, 6) is 0. The number of rotatable bonds is 1. The summed E-state index contributed by atoms with van der Waals surface area (Å²) in [5, 5.41) is 0. The van der Waals surface area contributed by atoms with E-state index in [1.165, 1.54) is 24.9 Å². The minimum absolute atomic E-state index is 0.289. The van der Waals surface area contributed by atoms with Crippen LogP contribution in [0.3, 0.4) is 0 Å². The van der Waals surface area contributed by atoms with Crippen LogP contribution in [-0.4, -0.2) is 17.0 Å². The second-order valence-corrected chi connectivity index (χ2v) is 5.43. The summed E-state index contributed by atoms with van der Waals surface area (Å²) in [5.41, 5.74) is 1.77. The summed E-state index contributed by atoms with van der Waals surface area (Å²) in [4.78, 5) is 2.63. The molecule has 1 heteroatoms. The molecule has 1 nitrogen and oxygen atoms in total. The lowest BCUT2D eigenvalue weighted by Gasteiger charge is -2.37. The zero-order chi connectivity index (χ0) is 10.9. The van der Waals surface area contributed by atoms with Crippen molar-refractivity contribution >= 4 is 0 Å². The van der Waals surface area contributed by atoms with E-state index < -0.39 is 0 Å². The van der Waals surface area contributed by atoms with Gasteiger partial charge in [-0.05, 0) is 45.7 Å². The van der Waals surface area contributed by atoms with E-state index in [0.29, 0.717) is 6.04 Å². The fourth-order valence-electron chi connectivity index (χ4n) is 2.59. The normalized spacial score (nSPS) is 23.3. The van der Waals surface area contributed by atoms with Gasteiger partial charge in [0.05, 0.1) is 0 Å². The van der Waals surface area contributed by atoms with Gasteiger partial charge in [0.15, 0.2) is 0 Å². The summed E-state index contributed by atoms with van der Waals surface area (Å²) >= 11 is 0. The van der Waals surface area contributed by atoms with Gasteiger partial charge in [-0.1, -0.05) is 30.3 Å². The van der Waals surface area contributed by atoms with E-state index >= 15 is 0 Å². The maximum atomic E-state index is 2.63. The largest absolute Gasteiger partial charge is 0.291 e. The maximum Gasteiger partial charge on any atom is 0.0353 e. The zero-order valence-corrected chi connectivity index (χ0v) is 10.0. The van der Waals surface area contributed by atoms with Crippen molar-refractivity contribution in [2.45, 2.75) is 45.2 Å². The van der Waals surface area contributed by atoms with Gasteiger partial charge in [0.25, 0.3) is 0 Å². The van der Waals surface area contributed by atoms with Gasteiger partial charge >= 0.3 is 0 Å². The molecule has 0 N–H and O–H groups in total. The summed E-state index contributed by atoms with van der Waals surface area (Å²) in [6, 6.07) is 11.5. The minimum atomic E-state index is 0.289. The Kier molecular flexibility index (Phi) is 2.83. The lowest BCUT2D eigenvalue weighted by molar-refractivity contribution is 0.121. The van der Waals surface area contributed by atoms with Crippen LogP contribution < -0.4 is 0 Å². The molecule has 0 unspecified atom stereocenters. The molecule has 15 heavy (non-hydrogen) atoms. The topological polar surface area (TPSA) is 3.24 Å². The van der Waals surface area contributed by atoms with Crippen molar-refractivity contribution in [3.8, 4) is 0 Å². The first-order valence-corrected chi connectivity index (χ1v) is 5.91. The number of likely N-dealkylation sites (tertiary alicyclic amines) is 1. The first-order valence-electron chi connectivity index (χ1n) is 5.91. The van der Waals surface area contributed by atoms with Crippen LogP contribution in [0.15, 0.2) is 30.3 Å². The van der Waals surface area contributed by atoms with Gasteiger partial charge in [-0.2, -0.15) is 0 Å². The van der Waals surface area contributed by atoms with E-state index in [9.17, 15) is 0 Å². The Morgan fingerprint density at radius 3 is 2.40 bits per heavy atom. The van der Waals surface area contributed by atoms with Crippen molar-refractivity contribution in [2.24, 2.45) is 0 Å². The predicted octanol–water partition coefficient (Wildman–Crippen LogP) is 3.62. The molecule has 1 aromatic rings. The fraction of sp³-hybridized carbons (Fsp3) is 0.571. The third kappa shape index (κ3) is 2.23. The quantitative estimate of drug-likeness (QED) is 0.674. The fourth-order valence-corrected chi connectivity index (χ4v) is 2.59. The molecule has 1 saturated heterocycles. The van der Waals surface area contributed by atoms with E-state index in [-0.39, 0.29) is 5.54 Å². The first-order chi connectivity index (χ1) is 7.09. The number of hydrogen-bond donors (Lipinski definition) is 0. The summed E-state index contributed by atoms with van der Waals surface area (Å²) in [6.07, 6.45) is 2.64. The second kappa shape index (κ2) is 3.97. The van der Waals surface area contributed by atoms with Crippen molar-refractivity contribution in [3.63, 3.8) is 0 Å². The Labute approximate surface area is 93.1 Å². The molecule has 0 amide bonds. The highest BCUT2D eigenvalue weighted by molar-refractivity contribution is 5.20. The van der Waals surface area contributed by atoms with Crippen LogP contribution >= 0.6 is 0 Å². The summed E-state index contributed by atoms with van der Waals surface area (Å²) < 4.78 is 0. The van der Waals surface area contributed by atoms with Crippen molar-refractivity contribution in [1.82, 2.24) is 4.90 Å². The molecule has 1 fully saturated rings. The number of benzene rings is 1. The molecule has 0 aliphatic carbocycles. The highest BCUT2D eigenvalue weighted by Crippen LogP contribution is 2.36. The van der Waals surface area contributed by atoms with E-state index in [1.807, 2.05) is 0 Å². The first kappa shape index (κ1) is 10.7. The minimum Gasteiger partial charge on any atom is -0.291 e. The van der Waals surface area contributed by atoms with Crippen LogP contribution in [-0.2, 0) is 0 Å². The Morgan fingerprint density at radius 1 is 1.13 bits per heavy atom. The monoisotopic (exact) mass is 203 g/mol. The average molecular weight is 203 g/mol. The highest BCUT2D eigenvalue weighted by Gasteiger charge is 2.33. The molecular weight excluding hydrogens is 182 g/mol. The van der Waals surface area contributed by atoms with E-state index in [1.54, 1.807) is 0 Å². The van der Waals surface area contributed by atoms with Gasteiger partial charge in [0.2, 0.25) is 0 Å². The van der Waals surface area contributed by atoms with Crippen LogP contribution in [0.4, 0.5) is 0 Å². The lowest BCUT2D eigenvalue weighted by atomic mass is 9.99. The lowest BCUT2D eigenvalue weighted by Crippen LogP contribution is -2.40. The molecule has 0 saturated carbocycles. The number of nitrogens with zero attached hydrogens (tertiary/aromatic N) is 1. The molecule has 1 aromatic carbocycles. The van der Waals surface area contributed by atoms with Gasteiger partial charge in [0, 0.05) is 11.6 Å². The predicted molar refractivity (Wildman–Crippen MR) is 64.9 cm³/mol. The Hall–Kier alpha value is -0.820. The molecule has 0 spiro atoms. The molecule has 1 aliphatic heterocycles. The van der Waals surface area contributed by atoms with Crippen molar-refractivity contribution in [3.05, 3.63) is 35.9 Å². The zero-order valence-electron chi connectivity index (χ0n) is 10.0. The molecule has 1 aliphatic rings. The van der Waals surface area contributed by atoms with E-state index in [2.05, 4.69) is 56.0 Å². The van der Waals surface area contributed by atoms with Gasteiger partial charge < -0.3 is 0 Å². The smallest absolute Gasteiger partial charge is 0.0353 e. The highest BCUT2D eigenvalue weighted by atomic mass is 15.2. The molecule has 0 aromatic heterocycles. The second-order valence-electron chi connectivity index (χ2n) is 5.43. The standard InChI is InChI=1S/C14H21N/c1-14(2,3)15-11-7-10-13(15)12-8-5-4-6-9-12/h4-6,8-9,13H,7,10-11H2,1-3H3/t13-/m1/s1. The van der Waals surface area contributed by atoms with Gasteiger partial charge in [-0.25, -0.2) is 0 Å². The Bertz CT molecular complexity index is 310. The van der Waals surface area contributed by atoms with Crippen LogP contribution in [0.2, 0.25) is 0 Å². The third-order valence-electron chi connectivity index (χ3n) is 3.30. The molecule has 0 radical (unpaired) electrons. The molecule has 0 bridgehead atoms. The van der Waals surface area contributed by atoms with E-state index in [4.69, 9.17) is 0 Å². The molecule has 82 valence electrons. The molecule has 2 rings (SSSR count). The van der Waals surface area contributed by atoms with Gasteiger partial charge in [-0.3, -0.25) is 4.90 Å². The van der Waals surface area contributed by atoms with Crippen LogP contribution in [0.5, 0.6) is 0 Å². The van der Waals surface area contributed by atoms with Gasteiger partial charge in [0.1, 0.15) is 0 Å². The Morgan fingerprint density at radius 2 is 1.80 bits per heavy atom. The van der Waals surface area contributed by atoms with Crippen molar-refractivity contribution in [2.75, 3.05) is 6.54 Å². The van der Waals surface area contributed by atoms with Crippen molar-refractivity contribution < 1.29 is 0 Å². The van der Waals surface area contributed by atoms with E-state index in [0.717, 1.165) is 0 Å². The molecular formula is C14H21N. The third-order valence-corrected chi connectivity index (χ3v) is 3.30. The Balaban J connectivity index is 2.23. The molecule has 1 heterocycles. The van der Waals surface area contributed by atoms with Gasteiger partial charge in [-0.15, -0.1) is 0 Å². The molecule has 1 atom stereocenters. The summed E-state index contributed by atoms with van der Waals surface area (Å²) in [6.45, 7) is 8.18. The maximum absolute atomic E-state index is 2.63. The van der Waals surface area contributed by atoms with Crippen LogP contribution in [0.1, 0.15) is 45.2 Å². The summed E-state index contributed by atoms with van der Waals surface area (Å²) in [7, 11) is 0. The van der Waals surface area contributed by atoms with Crippen molar-refractivity contribution in [1.29, 1.82) is 0 Å². The van der Waals surface area contributed by atoms with Crippen LogP contribution in [0.25, 0.3) is 0 Å². The van der Waals surface area contributed by atoms with Crippen LogP contribution in [0, 0.1) is 0 Å².